The van der Waals surface area contributed by atoms with Crippen molar-refractivity contribution >= 4 is 33.2 Å². The number of sulfonamides is 1. The molecule has 0 radical (unpaired) electrons. The molecular weight excluding hydrogens is 328 g/mol. The molecule has 8 heteroatoms. The van der Waals surface area contributed by atoms with E-state index in [9.17, 15) is 13.2 Å². The van der Waals surface area contributed by atoms with Crippen molar-refractivity contribution in [2.75, 3.05) is 18.1 Å². The highest BCUT2D eigenvalue weighted by Gasteiger charge is 2.27. The molecule has 1 atom stereocenters. The summed E-state index contributed by atoms with van der Waals surface area (Å²) in [5, 5.41) is 0.0614. The molecule has 1 heterocycles. The van der Waals surface area contributed by atoms with Gasteiger partial charge in [0, 0.05) is 19.0 Å². The van der Waals surface area contributed by atoms with Gasteiger partial charge < -0.3 is 9.64 Å². The number of carbonyl (C=O) groups excluding carboxylic acids is 1. The van der Waals surface area contributed by atoms with Crippen LogP contribution in [0.25, 0.3) is 0 Å². The first-order valence-corrected chi connectivity index (χ1v) is 8.89. The highest BCUT2D eigenvalue weighted by atomic mass is 35.5. The van der Waals surface area contributed by atoms with E-state index in [1.807, 2.05) is 6.92 Å². The molecule has 1 N–H and O–H groups in total. The second-order valence-corrected chi connectivity index (χ2v) is 7.29. The minimum atomic E-state index is -3.74. The number of amides is 1. The molecule has 0 spiro atoms. The van der Waals surface area contributed by atoms with Gasteiger partial charge in [0.05, 0.1) is 17.3 Å². The molecule has 0 aromatic heterocycles. The number of hydrogen-bond donors (Lipinski definition) is 1. The number of rotatable bonds is 4. The Bertz CT molecular complexity index is 690. The molecule has 0 fully saturated rings. The van der Waals surface area contributed by atoms with Crippen LogP contribution in [-0.2, 0) is 14.8 Å². The van der Waals surface area contributed by atoms with Crippen molar-refractivity contribution in [2.24, 2.45) is 0 Å². The summed E-state index contributed by atoms with van der Waals surface area (Å²) in [5.41, 5.74) is 0.492. The van der Waals surface area contributed by atoms with E-state index in [1.54, 1.807) is 6.92 Å². The SMILES string of the molecule is CC[C@H](C)NS(=O)(=O)c1cc2c(cc1Cl)N(C(C)=O)CCO2. The number of nitrogens with one attached hydrogen (secondary N) is 1. The first-order valence-electron chi connectivity index (χ1n) is 7.03. The van der Waals surface area contributed by atoms with Gasteiger partial charge in [-0.05, 0) is 19.4 Å². The molecule has 6 nitrogen and oxygen atoms in total. The van der Waals surface area contributed by atoms with Gasteiger partial charge in [0.2, 0.25) is 15.9 Å². The van der Waals surface area contributed by atoms with Crippen molar-refractivity contribution in [3.05, 3.63) is 17.2 Å². The Balaban J connectivity index is 2.47. The molecule has 1 aliphatic heterocycles. The highest BCUT2D eigenvalue weighted by molar-refractivity contribution is 7.89. The maximum atomic E-state index is 12.4. The molecule has 0 saturated carbocycles. The Morgan fingerprint density at radius 3 is 2.77 bits per heavy atom. The first-order chi connectivity index (χ1) is 10.3. The fourth-order valence-corrected chi connectivity index (χ4v) is 4.03. The van der Waals surface area contributed by atoms with Crippen LogP contribution in [0, 0.1) is 0 Å². The van der Waals surface area contributed by atoms with Gasteiger partial charge in [0.1, 0.15) is 17.3 Å². The lowest BCUT2D eigenvalue weighted by Gasteiger charge is -2.29. The van der Waals surface area contributed by atoms with E-state index in [0.29, 0.717) is 31.0 Å². The van der Waals surface area contributed by atoms with Crippen LogP contribution in [0.1, 0.15) is 27.2 Å². The van der Waals surface area contributed by atoms with Gasteiger partial charge in [-0.3, -0.25) is 4.79 Å². The molecule has 0 unspecified atom stereocenters. The lowest BCUT2D eigenvalue weighted by Crippen LogP contribution is -2.37. The Hall–Kier alpha value is -1.31. The molecule has 0 aliphatic carbocycles. The Morgan fingerprint density at radius 2 is 2.18 bits per heavy atom. The van der Waals surface area contributed by atoms with Gasteiger partial charge in [-0.2, -0.15) is 0 Å². The lowest BCUT2D eigenvalue weighted by atomic mass is 10.2. The summed E-state index contributed by atoms with van der Waals surface area (Å²) < 4.78 is 32.8. The number of carbonyl (C=O) groups is 1. The molecule has 122 valence electrons. The van der Waals surface area contributed by atoms with Gasteiger partial charge >= 0.3 is 0 Å². The maximum absolute atomic E-state index is 12.4. The summed E-state index contributed by atoms with van der Waals surface area (Å²) in [6.45, 7) is 5.83. The normalized spacial score (nSPS) is 15.9. The zero-order valence-electron chi connectivity index (χ0n) is 12.7. The van der Waals surface area contributed by atoms with E-state index in [0.717, 1.165) is 0 Å². The molecule has 1 aliphatic rings. The van der Waals surface area contributed by atoms with Gasteiger partial charge in [0.25, 0.3) is 0 Å². The zero-order chi connectivity index (χ0) is 16.5. The van der Waals surface area contributed by atoms with Crippen LogP contribution in [0.5, 0.6) is 5.75 Å². The van der Waals surface area contributed by atoms with Crippen molar-refractivity contribution in [1.29, 1.82) is 0 Å². The van der Waals surface area contributed by atoms with Crippen LogP contribution in [0.15, 0.2) is 17.0 Å². The molecule has 22 heavy (non-hydrogen) atoms. The van der Waals surface area contributed by atoms with E-state index in [1.165, 1.54) is 24.0 Å². The molecule has 1 aromatic carbocycles. The van der Waals surface area contributed by atoms with E-state index in [-0.39, 0.29) is 21.9 Å². The summed E-state index contributed by atoms with van der Waals surface area (Å²) in [7, 11) is -3.74. The zero-order valence-corrected chi connectivity index (χ0v) is 14.3. The number of ether oxygens (including phenoxy) is 1. The smallest absolute Gasteiger partial charge is 0.242 e. The summed E-state index contributed by atoms with van der Waals surface area (Å²) in [5.74, 6) is 0.198. The average Bonchev–Trinajstić information content (AvgIpc) is 2.44. The first kappa shape index (κ1) is 17.1. The number of fused-ring (bicyclic) bond motifs is 1. The van der Waals surface area contributed by atoms with E-state index in [2.05, 4.69) is 4.72 Å². The van der Waals surface area contributed by atoms with Crippen LogP contribution in [-0.4, -0.2) is 33.5 Å². The minimum absolute atomic E-state index is 0.0429. The molecule has 0 saturated heterocycles. The molecule has 1 amide bonds. The van der Waals surface area contributed by atoms with E-state index < -0.39 is 10.0 Å². The average molecular weight is 347 g/mol. The predicted octanol–water partition coefficient (Wildman–Crippen LogP) is 2.16. The highest BCUT2D eigenvalue weighted by Crippen LogP contribution is 2.38. The molecule has 2 rings (SSSR count). The van der Waals surface area contributed by atoms with E-state index in [4.69, 9.17) is 16.3 Å². The second-order valence-electron chi connectivity index (χ2n) is 5.20. The van der Waals surface area contributed by atoms with Crippen LogP contribution in [0.2, 0.25) is 5.02 Å². The fourth-order valence-electron chi connectivity index (χ4n) is 2.16. The maximum Gasteiger partial charge on any atom is 0.242 e. The molecule has 1 aromatic rings. The Labute approximate surface area is 135 Å². The van der Waals surface area contributed by atoms with Gasteiger partial charge in [-0.25, -0.2) is 13.1 Å². The third kappa shape index (κ3) is 3.37. The van der Waals surface area contributed by atoms with Crippen LogP contribution in [0.3, 0.4) is 0 Å². The van der Waals surface area contributed by atoms with Crippen molar-refractivity contribution in [2.45, 2.75) is 38.1 Å². The lowest BCUT2D eigenvalue weighted by molar-refractivity contribution is -0.116. The summed E-state index contributed by atoms with van der Waals surface area (Å²) in [4.78, 5) is 13.1. The number of anilines is 1. The predicted molar refractivity (Wildman–Crippen MR) is 85.0 cm³/mol. The van der Waals surface area contributed by atoms with Crippen molar-refractivity contribution < 1.29 is 17.9 Å². The van der Waals surface area contributed by atoms with Gasteiger partial charge in [0.15, 0.2) is 0 Å². The van der Waals surface area contributed by atoms with Gasteiger partial charge in [-0.15, -0.1) is 0 Å². The Kier molecular flexibility index (Phi) is 4.99. The largest absolute Gasteiger partial charge is 0.489 e. The fraction of sp³-hybridized carbons (Fsp3) is 0.500. The third-order valence-corrected chi connectivity index (χ3v) is 5.57. The summed E-state index contributed by atoms with van der Waals surface area (Å²) >= 11 is 6.13. The van der Waals surface area contributed by atoms with Crippen molar-refractivity contribution in [3.8, 4) is 5.75 Å². The van der Waals surface area contributed by atoms with E-state index >= 15 is 0 Å². The van der Waals surface area contributed by atoms with Gasteiger partial charge in [-0.1, -0.05) is 18.5 Å². The van der Waals surface area contributed by atoms with Crippen molar-refractivity contribution in [3.63, 3.8) is 0 Å². The van der Waals surface area contributed by atoms with Crippen molar-refractivity contribution in [1.82, 2.24) is 4.72 Å². The minimum Gasteiger partial charge on any atom is -0.489 e. The number of benzene rings is 1. The van der Waals surface area contributed by atoms with Crippen LogP contribution >= 0.6 is 11.6 Å². The van der Waals surface area contributed by atoms with Crippen LogP contribution in [0.4, 0.5) is 5.69 Å². The monoisotopic (exact) mass is 346 g/mol. The molecule has 0 bridgehead atoms. The standard InChI is InChI=1S/C14H19ClN2O4S/c1-4-9(2)16-22(19,20)14-8-13-12(7-11(14)15)17(10(3)18)5-6-21-13/h7-9,16H,4-6H2,1-3H3/t9-/m0/s1. The second kappa shape index (κ2) is 6.44. The topological polar surface area (TPSA) is 75.7 Å². The number of halogens is 1. The van der Waals surface area contributed by atoms with Crippen LogP contribution < -0.4 is 14.4 Å². The Morgan fingerprint density at radius 1 is 1.50 bits per heavy atom. The quantitative estimate of drug-likeness (QED) is 0.906. The summed E-state index contributed by atoms with van der Waals surface area (Å²) in [6, 6.07) is 2.63. The number of nitrogens with zero attached hydrogens (tertiary/aromatic N) is 1. The molecular formula is C14H19ClN2O4S. The number of hydrogen-bond acceptors (Lipinski definition) is 4. The summed E-state index contributed by atoms with van der Waals surface area (Å²) in [6.07, 6.45) is 0.663. The third-order valence-electron chi connectivity index (χ3n) is 3.52.